The summed E-state index contributed by atoms with van der Waals surface area (Å²) < 4.78 is 26.9. The van der Waals surface area contributed by atoms with Crippen LogP contribution in [0.4, 0.5) is 0 Å². The lowest BCUT2D eigenvalue weighted by molar-refractivity contribution is 0.368. The van der Waals surface area contributed by atoms with Gasteiger partial charge < -0.3 is 9.84 Å². The van der Waals surface area contributed by atoms with E-state index in [4.69, 9.17) is 15.4 Å². The summed E-state index contributed by atoms with van der Waals surface area (Å²) >= 11 is 0. The maximum Gasteiger partial charge on any atom is 0.236 e. The third kappa shape index (κ3) is 2.80. The highest BCUT2D eigenvalue weighted by atomic mass is 35.7. The normalized spacial score (nSPS) is 11.5. The molecule has 4 nitrogen and oxygen atoms in total. The Hall–Kier alpha value is -0.940. The van der Waals surface area contributed by atoms with Gasteiger partial charge in [-0.3, -0.25) is 0 Å². The van der Waals surface area contributed by atoms with Crippen molar-refractivity contribution in [2.75, 3.05) is 7.11 Å². The first-order valence-corrected chi connectivity index (χ1v) is 7.02. The molecule has 16 heavy (non-hydrogen) atoms. The minimum Gasteiger partial charge on any atom is -0.504 e. The van der Waals surface area contributed by atoms with Crippen molar-refractivity contribution in [1.29, 1.82) is 0 Å². The van der Waals surface area contributed by atoms with Gasteiger partial charge in [0, 0.05) is 16.2 Å². The summed E-state index contributed by atoms with van der Waals surface area (Å²) in [6, 6.07) is 1.59. The summed E-state index contributed by atoms with van der Waals surface area (Å²) in [5.74, 6) is -0.303. The summed E-state index contributed by atoms with van der Waals surface area (Å²) in [7, 11) is 2.87. The second-order valence-electron chi connectivity index (χ2n) is 3.54. The average Bonchev–Trinajstić information content (AvgIpc) is 2.13. The van der Waals surface area contributed by atoms with E-state index < -0.39 is 14.8 Å². The lowest BCUT2D eigenvalue weighted by Gasteiger charge is -2.13. The number of ether oxygens (including phenoxy) is 1. The number of aromatic hydroxyl groups is 1. The molecule has 0 aliphatic heterocycles. The average molecular weight is 265 g/mol. The maximum atomic E-state index is 11.0. The van der Waals surface area contributed by atoms with E-state index in [1.807, 2.05) is 6.92 Å². The molecule has 0 aliphatic rings. The largest absolute Gasteiger partial charge is 0.504 e. The minimum absolute atomic E-state index is 0.171. The molecule has 0 atom stereocenters. The number of halogens is 1. The fourth-order valence-electron chi connectivity index (χ4n) is 1.49. The second kappa shape index (κ2) is 4.51. The summed E-state index contributed by atoms with van der Waals surface area (Å²) in [4.78, 5) is 0. The number of phenols is 1. The quantitative estimate of drug-likeness (QED) is 0.849. The molecule has 90 valence electrons. The SMILES string of the molecule is COc1c(C)c(C)cc(CS(=O)(=O)Cl)c1O. The van der Waals surface area contributed by atoms with Crippen molar-refractivity contribution in [1.82, 2.24) is 0 Å². The van der Waals surface area contributed by atoms with E-state index in [9.17, 15) is 13.5 Å². The molecular weight excluding hydrogens is 252 g/mol. The van der Waals surface area contributed by atoms with Crippen molar-refractivity contribution in [2.45, 2.75) is 19.6 Å². The molecule has 0 heterocycles. The Morgan fingerprint density at radius 2 is 2.00 bits per heavy atom. The van der Waals surface area contributed by atoms with Gasteiger partial charge in [-0.15, -0.1) is 0 Å². The smallest absolute Gasteiger partial charge is 0.236 e. The Labute approximate surface area is 99.2 Å². The van der Waals surface area contributed by atoms with Gasteiger partial charge in [0.25, 0.3) is 0 Å². The third-order valence-corrected chi connectivity index (χ3v) is 3.36. The maximum absolute atomic E-state index is 11.0. The zero-order valence-electron chi connectivity index (χ0n) is 9.24. The molecule has 0 amide bonds. The molecule has 0 radical (unpaired) electrons. The van der Waals surface area contributed by atoms with Crippen LogP contribution >= 0.6 is 10.7 Å². The first-order valence-electron chi connectivity index (χ1n) is 4.54. The van der Waals surface area contributed by atoms with Gasteiger partial charge in [-0.25, -0.2) is 8.42 Å². The van der Waals surface area contributed by atoms with Crippen LogP contribution in [0.15, 0.2) is 6.07 Å². The molecule has 0 bridgehead atoms. The highest BCUT2D eigenvalue weighted by Gasteiger charge is 2.17. The van der Waals surface area contributed by atoms with Crippen LogP contribution < -0.4 is 4.74 Å². The Kier molecular flexibility index (Phi) is 3.70. The van der Waals surface area contributed by atoms with Crippen LogP contribution in [-0.2, 0) is 14.8 Å². The number of phenolic OH excluding ortho intramolecular Hbond substituents is 1. The third-order valence-electron chi connectivity index (χ3n) is 2.37. The number of hydrogen-bond donors (Lipinski definition) is 1. The van der Waals surface area contributed by atoms with Crippen molar-refractivity contribution in [3.8, 4) is 11.5 Å². The molecule has 0 unspecified atom stereocenters. The summed E-state index contributed by atoms with van der Waals surface area (Å²) in [6.07, 6.45) is 0. The van der Waals surface area contributed by atoms with Crippen LogP contribution in [0.25, 0.3) is 0 Å². The fraction of sp³-hybridized carbons (Fsp3) is 0.400. The van der Waals surface area contributed by atoms with Crippen LogP contribution in [0.3, 0.4) is 0 Å². The second-order valence-corrected chi connectivity index (χ2v) is 6.32. The van der Waals surface area contributed by atoms with E-state index in [2.05, 4.69) is 0 Å². The predicted molar refractivity (Wildman–Crippen MR) is 62.6 cm³/mol. The number of hydrogen-bond acceptors (Lipinski definition) is 4. The van der Waals surface area contributed by atoms with Crippen molar-refractivity contribution in [3.63, 3.8) is 0 Å². The first-order chi connectivity index (χ1) is 7.26. The lowest BCUT2D eigenvalue weighted by atomic mass is 10.0. The topological polar surface area (TPSA) is 63.6 Å². The first kappa shape index (κ1) is 13.1. The van der Waals surface area contributed by atoms with Gasteiger partial charge in [0.15, 0.2) is 11.5 Å². The van der Waals surface area contributed by atoms with Crippen molar-refractivity contribution in [3.05, 3.63) is 22.8 Å². The monoisotopic (exact) mass is 264 g/mol. The highest BCUT2D eigenvalue weighted by Crippen LogP contribution is 2.36. The van der Waals surface area contributed by atoms with Gasteiger partial charge in [0.1, 0.15) is 0 Å². The van der Waals surface area contributed by atoms with E-state index in [-0.39, 0.29) is 17.1 Å². The zero-order valence-corrected chi connectivity index (χ0v) is 10.8. The van der Waals surface area contributed by atoms with Crippen molar-refractivity contribution >= 4 is 19.7 Å². The summed E-state index contributed by atoms with van der Waals surface area (Å²) in [5, 5.41) is 9.81. The van der Waals surface area contributed by atoms with Crippen LogP contribution in [0.5, 0.6) is 11.5 Å². The Bertz CT molecular complexity index is 508. The number of methoxy groups -OCH3 is 1. The van der Waals surface area contributed by atoms with Gasteiger partial charge in [0.2, 0.25) is 9.05 Å². The van der Waals surface area contributed by atoms with Gasteiger partial charge in [-0.1, -0.05) is 6.07 Å². The highest BCUT2D eigenvalue weighted by molar-refractivity contribution is 8.13. The Balaban J connectivity index is 3.37. The molecule has 1 rings (SSSR count). The van der Waals surface area contributed by atoms with E-state index in [0.29, 0.717) is 0 Å². The molecule has 1 aromatic carbocycles. The van der Waals surface area contributed by atoms with E-state index in [1.54, 1.807) is 13.0 Å². The molecule has 0 aliphatic carbocycles. The minimum atomic E-state index is -3.70. The zero-order chi connectivity index (χ0) is 12.5. The van der Waals surface area contributed by atoms with E-state index in [0.717, 1.165) is 11.1 Å². The predicted octanol–water partition coefficient (Wildman–Crippen LogP) is 2.09. The van der Waals surface area contributed by atoms with Gasteiger partial charge in [-0.05, 0) is 25.0 Å². The van der Waals surface area contributed by atoms with E-state index >= 15 is 0 Å². The van der Waals surface area contributed by atoms with Gasteiger partial charge in [-0.2, -0.15) is 0 Å². The fourth-order valence-corrected chi connectivity index (χ4v) is 2.43. The standard InChI is InChI=1S/C10H13ClO4S/c1-6-4-8(5-16(11,13)14)9(12)10(15-3)7(6)2/h4,12H,5H2,1-3H3. The molecule has 1 aromatic rings. The lowest BCUT2D eigenvalue weighted by Crippen LogP contribution is -2.00. The summed E-state index contributed by atoms with van der Waals surface area (Å²) in [6.45, 7) is 3.59. The Morgan fingerprint density at radius 3 is 2.44 bits per heavy atom. The molecular formula is C10H13ClO4S. The van der Waals surface area contributed by atoms with Crippen LogP contribution in [0.1, 0.15) is 16.7 Å². The molecule has 1 N–H and O–H groups in total. The molecule has 0 saturated carbocycles. The Morgan fingerprint density at radius 1 is 1.44 bits per heavy atom. The molecule has 0 spiro atoms. The van der Waals surface area contributed by atoms with Crippen LogP contribution in [0, 0.1) is 13.8 Å². The molecule has 0 fully saturated rings. The number of rotatable bonds is 3. The number of aryl methyl sites for hydroxylation is 1. The van der Waals surface area contributed by atoms with E-state index in [1.165, 1.54) is 7.11 Å². The van der Waals surface area contributed by atoms with Gasteiger partial charge in [0.05, 0.1) is 12.9 Å². The van der Waals surface area contributed by atoms with Crippen molar-refractivity contribution in [2.24, 2.45) is 0 Å². The molecule has 0 aromatic heterocycles. The van der Waals surface area contributed by atoms with Crippen molar-refractivity contribution < 1.29 is 18.3 Å². The van der Waals surface area contributed by atoms with Crippen LogP contribution in [-0.4, -0.2) is 20.6 Å². The van der Waals surface area contributed by atoms with Gasteiger partial charge >= 0.3 is 0 Å². The molecule has 0 saturated heterocycles. The number of benzene rings is 1. The van der Waals surface area contributed by atoms with Crippen LogP contribution in [0.2, 0.25) is 0 Å². The molecule has 6 heteroatoms. The summed E-state index contributed by atoms with van der Waals surface area (Å²) in [5.41, 5.74) is 1.86.